The van der Waals surface area contributed by atoms with Crippen LogP contribution in [-0.4, -0.2) is 38.2 Å². The Balaban J connectivity index is 2.71. The Kier molecular flexibility index (Phi) is 3.89. The van der Waals surface area contributed by atoms with Gasteiger partial charge in [0, 0.05) is 13.6 Å². The molecule has 0 saturated carbocycles. The Labute approximate surface area is 85.6 Å². The van der Waals surface area contributed by atoms with E-state index < -0.39 is 0 Å². The van der Waals surface area contributed by atoms with Crippen LogP contribution in [0.4, 0.5) is 0 Å². The van der Waals surface area contributed by atoms with Gasteiger partial charge in [0.2, 0.25) is 0 Å². The van der Waals surface area contributed by atoms with Crippen LogP contribution in [0.15, 0.2) is 0 Å². The first-order valence-electron chi connectivity index (χ1n) is 5.19. The molecule has 1 atom stereocenters. The Morgan fingerprint density at radius 2 is 2.36 bits per heavy atom. The van der Waals surface area contributed by atoms with E-state index in [9.17, 15) is 4.79 Å². The minimum absolute atomic E-state index is 0.104. The van der Waals surface area contributed by atoms with Gasteiger partial charge in [-0.3, -0.25) is 9.63 Å². The molecule has 1 amide bonds. The lowest BCUT2D eigenvalue weighted by Gasteiger charge is -2.30. The second kappa shape index (κ2) is 4.75. The highest BCUT2D eigenvalue weighted by Gasteiger charge is 2.42. The van der Waals surface area contributed by atoms with Crippen LogP contribution >= 0.6 is 0 Å². The van der Waals surface area contributed by atoms with Gasteiger partial charge < -0.3 is 5.32 Å². The summed E-state index contributed by atoms with van der Waals surface area (Å²) in [4.78, 5) is 17.0. The molecule has 0 spiro atoms. The van der Waals surface area contributed by atoms with Crippen LogP contribution in [-0.2, 0) is 9.63 Å². The number of rotatable bonds is 4. The second-order valence-corrected chi connectivity index (χ2v) is 3.94. The fourth-order valence-corrected chi connectivity index (χ4v) is 2.14. The maximum absolute atomic E-state index is 12.0. The third-order valence-electron chi connectivity index (χ3n) is 2.99. The molecular formula is C10H20N2O2. The van der Waals surface area contributed by atoms with Crippen molar-refractivity contribution in [3.8, 4) is 0 Å². The quantitative estimate of drug-likeness (QED) is 0.682. The van der Waals surface area contributed by atoms with E-state index in [1.54, 1.807) is 7.05 Å². The lowest BCUT2D eigenvalue weighted by atomic mass is 9.81. The van der Waals surface area contributed by atoms with Crippen molar-refractivity contribution in [2.75, 3.05) is 27.2 Å². The molecule has 0 aromatic heterocycles. The monoisotopic (exact) mass is 200 g/mol. The molecule has 1 heterocycles. The molecule has 1 unspecified atom stereocenters. The summed E-state index contributed by atoms with van der Waals surface area (Å²) in [6.45, 7) is 3.83. The Hall–Kier alpha value is -0.610. The van der Waals surface area contributed by atoms with Crippen LogP contribution in [0.25, 0.3) is 0 Å². The highest BCUT2D eigenvalue weighted by molar-refractivity contribution is 5.82. The van der Waals surface area contributed by atoms with Crippen LogP contribution in [0.1, 0.15) is 26.2 Å². The number of hydrogen-bond donors (Lipinski definition) is 1. The SMILES string of the molecule is CCCC1(C(=O)N(C)OC)CCNC1. The molecular weight excluding hydrogens is 180 g/mol. The van der Waals surface area contributed by atoms with E-state index in [0.29, 0.717) is 0 Å². The van der Waals surface area contributed by atoms with Crippen molar-refractivity contribution in [2.24, 2.45) is 5.41 Å². The molecule has 1 fully saturated rings. The van der Waals surface area contributed by atoms with Gasteiger partial charge in [0.1, 0.15) is 0 Å². The average Bonchev–Trinajstić information content (AvgIpc) is 2.66. The molecule has 4 nitrogen and oxygen atoms in total. The number of hydrogen-bond acceptors (Lipinski definition) is 3. The van der Waals surface area contributed by atoms with Crippen molar-refractivity contribution in [2.45, 2.75) is 26.2 Å². The number of carbonyl (C=O) groups excluding carboxylic acids is 1. The number of carbonyl (C=O) groups is 1. The maximum atomic E-state index is 12.0. The molecule has 1 aliphatic rings. The van der Waals surface area contributed by atoms with E-state index >= 15 is 0 Å². The van der Waals surface area contributed by atoms with Gasteiger partial charge in [0.15, 0.2) is 0 Å². The molecule has 4 heteroatoms. The number of nitrogens with zero attached hydrogens (tertiary/aromatic N) is 1. The van der Waals surface area contributed by atoms with Crippen molar-refractivity contribution in [3.63, 3.8) is 0 Å². The fraction of sp³-hybridized carbons (Fsp3) is 0.900. The molecule has 82 valence electrons. The summed E-state index contributed by atoms with van der Waals surface area (Å²) in [6, 6.07) is 0. The van der Waals surface area contributed by atoms with Crippen molar-refractivity contribution in [1.82, 2.24) is 10.4 Å². The average molecular weight is 200 g/mol. The highest BCUT2D eigenvalue weighted by Crippen LogP contribution is 2.32. The molecule has 0 aromatic carbocycles. The van der Waals surface area contributed by atoms with Gasteiger partial charge in [0.25, 0.3) is 5.91 Å². The summed E-state index contributed by atoms with van der Waals surface area (Å²) in [5, 5.41) is 4.60. The van der Waals surface area contributed by atoms with E-state index in [-0.39, 0.29) is 11.3 Å². The summed E-state index contributed by atoms with van der Waals surface area (Å²) in [7, 11) is 3.21. The van der Waals surface area contributed by atoms with Crippen LogP contribution in [0.2, 0.25) is 0 Å². The van der Waals surface area contributed by atoms with Crippen molar-refractivity contribution >= 4 is 5.91 Å². The summed E-state index contributed by atoms with van der Waals surface area (Å²) >= 11 is 0. The first-order chi connectivity index (χ1) is 6.66. The molecule has 0 aromatic rings. The van der Waals surface area contributed by atoms with Gasteiger partial charge in [-0.05, 0) is 19.4 Å². The van der Waals surface area contributed by atoms with Gasteiger partial charge in [-0.15, -0.1) is 0 Å². The third-order valence-corrected chi connectivity index (χ3v) is 2.99. The standard InChI is InChI=1S/C10H20N2O2/c1-4-5-10(6-7-11-8-10)9(13)12(2)14-3/h11H,4-8H2,1-3H3. The van der Waals surface area contributed by atoms with E-state index in [2.05, 4.69) is 12.2 Å². The molecule has 0 aliphatic carbocycles. The van der Waals surface area contributed by atoms with Gasteiger partial charge >= 0.3 is 0 Å². The van der Waals surface area contributed by atoms with Gasteiger partial charge in [-0.25, -0.2) is 5.06 Å². The largest absolute Gasteiger partial charge is 0.316 e. The van der Waals surface area contributed by atoms with Crippen molar-refractivity contribution in [1.29, 1.82) is 0 Å². The van der Waals surface area contributed by atoms with Crippen molar-refractivity contribution in [3.05, 3.63) is 0 Å². The smallest absolute Gasteiger partial charge is 0.253 e. The maximum Gasteiger partial charge on any atom is 0.253 e. The van der Waals surface area contributed by atoms with E-state index in [1.807, 2.05) is 0 Å². The van der Waals surface area contributed by atoms with Crippen LogP contribution in [0.3, 0.4) is 0 Å². The van der Waals surface area contributed by atoms with E-state index in [1.165, 1.54) is 12.2 Å². The fourth-order valence-electron chi connectivity index (χ4n) is 2.14. The highest BCUT2D eigenvalue weighted by atomic mass is 16.7. The lowest BCUT2D eigenvalue weighted by molar-refractivity contribution is -0.179. The molecule has 1 saturated heterocycles. The lowest BCUT2D eigenvalue weighted by Crippen LogP contribution is -2.43. The molecule has 1 aliphatic heterocycles. The molecule has 0 bridgehead atoms. The third kappa shape index (κ3) is 2.07. The van der Waals surface area contributed by atoms with Gasteiger partial charge in [-0.1, -0.05) is 13.3 Å². The summed E-state index contributed by atoms with van der Waals surface area (Å²) < 4.78 is 0. The number of amides is 1. The van der Waals surface area contributed by atoms with Crippen molar-refractivity contribution < 1.29 is 9.63 Å². The summed E-state index contributed by atoms with van der Waals surface area (Å²) in [6.07, 6.45) is 2.89. The van der Waals surface area contributed by atoms with Gasteiger partial charge in [-0.2, -0.15) is 0 Å². The predicted octanol–water partition coefficient (Wildman–Crippen LogP) is 0.786. The van der Waals surface area contributed by atoms with E-state index in [0.717, 1.165) is 32.4 Å². The molecule has 1 rings (SSSR count). The molecule has 0 radical (unpaired) electrons. The normalized spacial score (nSPS) is 26.5. The summed E-state index contributed by atoms with van der Waals surface area (Å²) in [5.74, 6) is 0.104. The van der Waals surface area contributed by atoms with Crippen LogP contribution in [0.5, 0.6) is 0 Å². The zero-order chi connectivity index (χ0) is 10.6. The van der Waals surface area contributed by atoms with E-state index in [4.69, 9.17) is 4.84 Å². The number of hydroxylamine groups is 2. The zero-order valence-corrected chi connectivity index (χ0v) is 9.30. The van der Waals surface area contributed by atoms with Crippen LogP contribution < -0.4 is 5.32 Å². The first kappa shape index (κ1) is 11.5. The van der Waals surface area contributed by atoms with Crippen LogP contribution in [0, 0.1) is 5.41 Å². The Bertz CT molecular complexity index is 200. The minimum atomic E-state index is -0.223. The second-order valence-electron chi connectivity index (χ2n) is 3.94. The molecule has 14 heavy (non-hydrogen) atoms. The predicted molar refractivity (Wildman–Crippen MR) is 54.6 cm³/mol. The zero-order valence-electron chi connectivity index (χ0n) is 9.30. The van der Waals surface area contributed by atoms with Gasteiger partial charge in [0.05, 0.1) is 12.5 Å². The topological polar surface area (TPSA) is 41.6 Å². The Morgan fingerprint density at radius 1 is 1.64 bits per heavy atom. The minimum Gasteiger partial charge on any atom is -0.316 e. The number of nitrogens with one attached hydrogen (secondary N) is 1. The summed E-state index contributed by atoms with van der Waals surface area (Å²) in [5.41, 5.74) is -0.223. The first-order valence-corrected chi connectivity index (χ1v) is 5.19. The Morgan fingerprint density at radius 3 is 2.79 bits per heavy atom. The molecule has 1 N–H and O–H groups in total.